The number of likely N-dealkylation sites (N-methyl/N-ethyl adjacent to an activating group) is 1. The second-order valence-corrected chi connectivity index (χ2v) is 5.32. The molecular formula is C15H17F2NO4. The van der Waals surface area contributed by atoms with Crippen LogP contribution >= 0.6 is 0 Å². The molecule has 3 atom stereocenters. The third kappa shape index (κ3) is 3.24. The minimum Gasteiger partial charge on any atom is -0.479 e. The van der Waals surface area contributed by atoms with Crippen molar-refractivity contribution in [3.63, 3.8) is 0 Å². The molecule has 1 aromatic rings. The standard InChI is InChI=1S/C15H17F2NO4/c1-8(10-7-9(16)3-4-11(10)17)18(2)14(19)12-5-6-13(22-12)15(20)21/h3-4,7-8,12-13H,5-6H2,1-2H3,(H,20,21)/t8?,12-,13+/m0/s1. The van der Waals surface area contributed by atoms with Gasteiger partial charge in [0.05, 0.1) is 6.04 Å². The van der Waals surface area contributed by atoms with Crippen LogP contribution in [0.3, 0.4) is 0 Å². The minimum atomic E-state index is -1.11. The van der Waals surface area contributed by atoms with Gasteiger partial charge >= 0.3 is 5.97 Å². The number of nitrogens with zero attached hydrogens (tertiary/aromatic N) is 1. The average Bonchev–Trinajstić information content (AvgIpc) is 2.97. The summed E-state index contributed by atoms with van der Waals surface area (Å²) in [5.74, 6) is -2.75. The highest BCUT2D eigenvalue weighted by molar-refractivity contribution is 5.82. The number of benzene rings is 1. The summed E-state index contributed by atoms with van der Waals surface area (Å²) in [6.45, 7) is 1.57. The molecule has 1 fully saturated rings. The van der Waals surface area contributed by atoms with Crippen LogP contribution in [0.4, 0.5) is 8.78 Å². The highest BCUT2D eigenvalue weighted by atomic mass is 19.1. The van der Waals surface area contributed by atoms with Crippen LogP contribution in [0.15, 0.2) is 18.2 Å². The lowest BCUT2D eigenvalue weighted by Gasteiger charge is -2.28. The van der Waals surface area contributed by atoms with E-state index in [1.807, 2.05) is 0 Å². The van der Waals surface area contributed by atoms with E-state index in [2.05, 4.69) is 0 Å². The molecule has 0 saturated carbocycles. The van der Waals surface area contributed by atoms with Gasteiger partial charge in [0.25, 0.3) is 5.91 Å². The highest BCUT2D eigenvalue weighted by Crippen LogP contribution is 2.27. The van der Waals surface area contributed by atoms with Crippen LogP contribution in [0.25, 0.3) is 0 Å². The van der Waals surface area contributed by atoms with Crippen molar-refractivity contribution in [1.82, 2.24) is 4.90 Å². The molecule has 22 heavy (non-hydrogen) atoms. The number of carboxylic acid groups (broad SMARTS) is 1. The monoisotopic (exact) mass is 313 g/mol. The molecule has 1 N–H and O–H groups in total. The molecule has 1 aliphatic rings. The average molecular weight is 313 g/mol. The molecule has 0 aromatic heterocycles. The first-order valence-corrected chi connectivity index (χ1v) is 6.91. The first-order chi connectivity index (χ1) is 10.3. The quantitative estimate of drug-likeness (QED) is 0.924. The summed E-state index contributed by atoms with van der Waals surface area (Å²) in [5.41, 5.74) is 0.0589. The van der Waals surface area contributed by atoms with Gasteiger partial charge in [0.15, 0.2) is 6.10 Å². The number of carbonyl (C=O) groups excluding carboxylic acids is 1. The van der Waals surface area contributed by atoms with E-state index in [9.17, 15) is 18.4 Å². The third-order valence-corrected chi connectivity index (χ3v) is 3.91. The summed E-state index contributed by atoms with van der Waals surface area (Å²) in [7, 11) is 1.45. The van der Waals surface area contributed by atoms with E-state index < -0.39 is 41.8 Å². The van der Waals surface area contributed by atoms with E-state index in [-0.39, 0.29) is 12.0 Å². The predicted octanol–water partition coefficient (Wildman–Crippen LogP) is 2.12. The Morgan fingerprint density at radius 3 is 2.55 bits per heavy atom. The predicted molar refractivity (Wildman–Crippen MR) is 73.1 cm³/mol. The number of aliphatic carboxylic acids is 1. The number of hydrogen-bond donors (Lipinski definition) is 1. The van der Waals surface area contributed by atoms with Gasteiger partial charge in [-0.1, -0.05) is 0 Å². The summed E-state index contributed by atoms with van der Waals surface area (Å²) in [4.78, 5) is 24.4. The van der Waals surface area contributed by atoms with Gasteiger partial charge in [-0.25, -0.2) is 13.6 Å². The molecule has 1 aliphatic heterocycles. The molecule has 1 heterocycles. The number of hydrogen-bond acceptors (Lipinski definition) is 3. The van der Waals surface area contributed by atoms with E-state index in [1.165, 1.54) is 11.9 Å². The summed E-state index contributed by atoms with van der Waals surface area (Å²) < 4.78 is 32.2. The zero-order chi connectivity index (χ0) is 16.4. The maximum Gasteiger partial charge on any atom is 0.332 e. The Labute approximate surface area is 126 Å². The molecule has 2 rings (SSSR count). The van der Waals surface area contributed by atoms with Gasteiger partial charge in [-0.2, -0.15) is 0 Å². The number of rotatable bonds is 4. The molecule has 0 aliphatic carbocycles. The van der Waals surface area contributed by atoms with Crippen LogP contribution in [0, 0.1) is 11.6 Å². The van der Waals surface area contributed by atoms with E-state index in [0.29, 0.717) is 6.42 Å². The number of ether oxygens (including phenoxy) is 1. The van der Waals surface area contributed by atoms with Crippen LogP contribution in [0.2, 0.25) is 0 Å². The number of halogens is 2. The summed E-state index contributed by atoms with van der Waals surface area (Å²) in [6, 6.07) is 2.35. The van der Waals surface area contributed by atoms with Gasteiger partial charge < -0.3 is 14.7 Å². The Kier molecular flexibility index (Phi) is 4.75. The number of carbonyl (C=O) groups is 2. The lowest BCUT2D eigenvalue weighted by molar-refractivity contribution is -0.155. The van der Waals surface area contributed by atoms with Crippen LogP contribution < -0.4 is 0 Å². The van der Waals surface area contributed by atoms with Gasteiger partial charge in [0.1, 0.15) is 17.7 Å². The molecular weight excluding hydrogens is 296 g/mol. The molecule has 1 aromatic carbocycles. The fraction of sp³-hybridized carbons (Fsp3) is 0.467. The van der Waals surface area contributed by atoms with Crippen molar-refractivity contribution >= 4 is 11.9 Å². The first kappa shape index (κ1) is 16.4. The van der Waals surface area contributed by atoms with Gasteiger partial charge in [0, 0.05) is 12.6 Å². The lowest BCUT2D eigenvalue weighted by atomic mass is 10.1. The van der Waals surface area contributed by atoms with E-state index in [1.54, 1.807) is 6.92 Å². The van der Waals surface area contributed by atoms with Crippen molar-refractivity contribution in [3.05, 3.63) is 35.4 Å². The third-order valence-electron chi connectivity index (χ3n) is 3.91. The Bertz CT molecular complexity index is 593. The Hall–Kier alpha value is -2.02. The van der Waals surface area contributed by atoms with Gasteiger partial charge in [-0.15, -0.1) is 0 Å². The van der Waals surface area contributed by atoms with Crippen molar-refractivity contribution in [3.8, 4) is 0 Å². The van der Waals surface area contributed by atoms with Crippen LogP contribution in [-0.4, -0.2) is 41.1 Å². The maximum atomic E-state index is 13.8. The second-order valence-electron chi connectivity index (χ2n) is 5.32. The van der Waals surface area contributed by atoms with Gasteiger partial charge in [0.2, 0.25) is 0 Å². The first-order valence-electron chi connectivity index (χ1n) is 6.91. The molecule has 1 unspecified atom stereocenters. The zero-order valence-electron chi connectivity index (χ0n) is 12.3. The zero-order valence-corrected chi connectivity index (χ0v) is 12.3. The van der Waals surface area contributed by atoms with Crippen LogP contribution in [-0.2, 0) is 14.3 Å². The Morgan fingerprint density at radius 2 is 1.95 bits per heavy atom. The largest absolute Gasteiger partial charge is 0.479 e. The fourth-order valence-electron chi connectivity index (χ4n) is 2.46. The normalized spacial score (nSPS) is 22.4. The molecule has 0 bridgehead atoms. The molecule has 1 saturated heterocycles. The molecule has 1 amide bonds. The molecule has 0 radical (unpaired) electrons. The van der Waals surface area contributed by atoms with Gasteiger partial charge in [-0.05, 0) is 38.0 Å². The van der Waals surface area contributed by atoms with Crippen LogP contribution in [0.1, 0.15) is 31.4 Å². The van der Waals surface area contributed by atoms with Gasteiger partial charge in [-0.3, -0.25) is 4.79 Å². The van der Waals surface area contributed by atoms with Crippen LogP contribution in [0.5, 0.6) is 0 Å². The van der Waals surface area contributed by atoms with E-state index >= 15 is 0 Å². The van der Waals surface area contributed by atoms with Crippen molar-refractivity contribution in [2.24, 2.45) is 0 Å². The smallest absolute Gasteiger partial charge is 0.332 e. The Morgan fingerprint density at radius 1 is 1.32 bits per heavy atom. The summed E-state index contributed by atoms with van der Waals surface area (Å²) in [6.07, 6.45) is -1.32. The topological polar surface area (TPSA) is 66.8 Å². The number of carboxylic acids is 1. The molecule has 0 spiro atoms. The summed E-state index contributed by atoms with van der Waals surface area (Å²) >= 11 is 0. The van der Waals surface area contributed by atoms with Crippen molar-refractivity contribution < 1.29 is 28.2 Å². The maximum absolute atomic E-state index is 13.8. The number of amides is 1. The fourth-order valence-corrected chi connectivity index (χ4v) is 2.46. The summed E-state index contributed by atoms with van der Waals surface area (Å²) in [5, 5.41) is 8.86. The van der Waals surface area contributed by atoms with E-state index in [4.69, 9.17) is 9.84 Å². The minimum absolute atomic E-state index is 0.0589. The Balaban J connectivity index is 2.10. The van der Waals surface area contributed by atoms with E-state index in [0.717, 1.165) is 18.2 Å². The molecule has 7 heteroatoms. The lowest BCUT2D eigenvalue weighted by Crippen LogP contribution is -2.39. The molecule has 120 valence electrons. The van der Waals surface area contributed by atoms with Crippen molar-refractivity contribution in [2.75, 3.05) is 7.05 Å². The van der Waals surface area contributed by atoms with Crippen molar-refractivity contribution in [1.29, 1.82) is 0 Å². The van der Waals surface area contributed by atoms with Crippen molar-refractivity contribution in [2.45, 2.75) is 38.0 Å². The SMILES string of the molecule is CC(c1cc(F)ccc1F)N(C)C(=O)[C@@H]1CC[C@H](C(=O)O)O1. The molecule has 5 nitrogen and oxygen atoms in total. The second kappa shape index (κ2) is 6.39. The highest BCUT2D eigenvalue weighted by Gasteiger charge is 2.37.